The molecular weight excluding hydrogens is 446 g/mol. The fourth-order valence-corrected chi connectivity index (χ4v) is 3.63. The second-order valence-corrected chi connectivity index (χ2v) is 9.38. The number of carbonyl (C=O) groups is 3. The molecule has 0 radical (unpaired) electrons. The zero-order valence-electron chi connectivity index (χ0n) is 17.4. The molecule has 2 rings (SSSR count). The Morgan fingerprint density at radius 3 is 2.35 bits per heavy atom. The Morgan fingerprint density at radius 2 is 1.74 bits per heavy atom. The van der Waals surface area contributed by atoms with Crippen molar-refractivity contribution in [2.24, 2.45) is 0 Å². The number of esters is 1. The summed E-state index contributed by atoms with van der Waals surface area (Å²) < 4.78 is 30.3. The minimum absolute atomic E-state index is 0.0456. The van der Waals surface area contributed by atoms with Crippen LogP contribution in [0.4, 0.5) is 10.5 Å². The van der Waals surface area contributed by atoms with Gasteiger partial charge in [-0.2, -0.15) is 0 Å². The van der Waals surface area contributed by atoms with Gasteiger partial charge in [-0.05, 0) is 43.7 Å². The smallest absolute Gasteiger partial charge is 0.340 e. The number of sulfonamides is 1. The molecule has 2 N–H and O–H groups in total. The maximum atomic E-state index is 12.3. The van der Waals surface area contributed by atoms with Crippen molar-refractivity contribution in [2.75, 3.05) is 26.0 Å². The lowest BCUT2D eigenvalue weighted by Gasteiger charge is -2.13. The third-order valence-electron chi connectivity index (χ3n) is 4.15. The fraction of sp³-hybridized carbons (Fsp3) is 0.250. The Hall–Kier alpha value is -2.95. The molecule has 0 spiro atoms. The van der Waals surface area contributed by atoms with Crippen molar-refractivity contribution in [1.82, 2.24) is 9.62 Å². The number of urea groups is 1. The third-order valence-corrected chi connectivity index (χ3v) is 6.29. The summed E-state index contributed by atoms with van der Waals surface area (Å²) in [6.45, 7) is 2.95. The molecule has 0 bridgehead atoms. The Morgan fingerprint density at radius 1 is 1.06 bits per heavy atom. The topological polar surface area (TPSA) is 122 Å². The van der Waals surface area contributed by atoms with E-state index in [1.807, 2.05) is 18.3 Å². The van der Waals surface area contributed by atoms with Crippen LogP contribution in [-0.4, -0.2) is 51.3 Å². The Labute approximate surface area is 185 Å². The molecule has 0 fully saturated rings. The van der Waals surface area contributed by atoms with Gasteiger partial charge in [-0.1, -0.05) is 29.3 Å². The van der Waals surface area contributed by atoms with Gasteiger partial charge in [-0.15, -0.1) is 0 Å². The van der Waals surface area contributed by atoms with E-state index in [0.29, 0.717) is 5.69 Å². The molecule has 0 aliphatic rings. The van der Waals surface area contributed by atoms with Crippen LogP contribution in [0.1, 0.15) is 21.5 Å². The molecule has 2 aromatic rings. The first-order chi connectivity index (χ1) is 14.4. The van der Waals surface area contributed by atoms with E-state index in [1.54, 1.807) is 19.1 Å². The molecule has 31 heavy (non-hydrogen) atoms. The van der Waals surface area contributed by atoms with Crippen LogP contribution in [0.25, 0.3) is 0 Å². The van der Waals surface area contributed by atoms with Gasteiger partial charge in [-0.3, -0.25) is 10.1 Å². The summed E-state index contributed by atoms with van der Waals surface area (Å²) in [5, 5.41) is 4.52. The van der Waals surface area contributed by atoms with Crippen molar-refractivity contribution in [1.29, 1.82) is 0 Å². The first-order valence-electron chi connectivity index (χ1n) is 8.99. The van der Waals surface area contributed by atoms with Gasteiger partial charge in [-0.25, -0.2) is 22.3 Å². The molecule has 2 aromatic carbocycles. The Kier molecular flexibility index (Phi) is 7.77. The molecule has 3 amide bonds. The number of hydrogen-bond acceptors (Lipinski definition) is 6. The monoisotopic (exact) mass is 467 g/mol. The number of aryl methyl sites for hydroxylation is 2. The molecule has 0 aromatic heterocycles. The maximum Gasteiger partial charge on any atom is 0.340 e. The summed E-state index contributed by atoms with van der Waals surface area (Å²) in [6, 6.07) is 8.14. The predicted octanol–water partition coefficient (Wildman–Crippen LogP) is 2.71. The predicted molar refractivity (Wildman–Crippen MR) is 116 cm³/mol. The lowest BCUT2D eigenvalue weighted by atomic mass is 10.1. The number of rotatable bonds is 6. The highest BCUT2D eigenvalue weighted by molar-refractivity contribution is 7.89. The summed E-state index contributed by atoms with van der Waals surface area (Å²) in [6.07, 6.45) is 0. The zero-order valence-corrected chi connectivity index (χ0v) is 18.9. The number of nitrogens with zero attached hydrogens (tertiary/aromatic N) is 1. The third kappa shape index (κ3) is 6.27. The van der Waals surface area contributed by atoms with Gasteiger partial charge in [0.05, 0.1) is 15.5 Å². The average molecular weight is 468 g/mol. The number of amides is 3. The van der Waals surface area contributed by atoms with Crippen LogP contribution >= 0.6 is 11.6 Å². The first kappa shape index (κ1) is 24.3. The molecule has 0 aliphatic carbocycles. The molecule has 0 atom stereocenters. The quantitative estimate of drug-likeness (QED) is 0.630. The average Bonchev–Trinajstić information content (AvgIpc) is 2.68. The van der Waals surface area contributed by atoms with E-state index in [0.717, 1.165) is 21.5 Å². The number of ether oxygens (including phenoxy) is 1. The van der Waals surface area contributed by atoms with Crippen LogP contribution in [-0.2, 0) is 19.6 Å². The van der Waals surface area contributed by atoms with Gasteiger partial charge in [0.2, 0.25) is 10.0 Å². The molecule has 0 unspecified atom stereocenters. The number of benzene rings is 2. The standard InChI is InChI=1S/C20H22ClN3O6S/c1-12-5-8-17(13(2)9-12)22-20(27)23-18(25)11-30-19(26)15-10-14(6-7-16(15)21)31(28,29)24(3)4/h5-10H,11H2,1-4H3,(H2,22,23,25,27). The number of imide groups is 1. The van der Waals surface area contributed by atoms with E-state index in [-0.39, 0.29) is 15.5 Å². The van der Waals surface area contributed by atoms with E-state index in [9.17, 15) is 22.8 Å². The largest absolute Gasteiger partial charge is 0.452 e. The highest BCUT2D eigenvalue weighted by atomic mass is 35.5. The van der Waals surface area contributed by atoms with Crippen molar-refractivity contribution in [3.8, 4) is 0 Å². The summed E-state index contributed by atoms with van der Waals surface area (Å²) in [5.74, 6) is -1.88. The van der Waals surface area contributed by atoms with Gasteiger partial charge in [0.15, 0.2) is 6.61 Å². The highest BCUT2D eigenvalue weighted by Crippen LogP contribution is 2.23. The lowest BCUT2D eigenvalue weighted by molar-refractivity contribution is -0.123. The van der Waals surface area contributed by atoms with E-state index < -0.39 is 34.5 Å². The normalized spacial score (nSPS) is 11.2. The van der Waals surface area contributed by atoms with E-state index in [1.165, 1.54) is 26.2 Å². The second-order valence-electron chi connectivity index (χ2n) is 6.83. The van der Waals surface area contributed by atoms with Crippen LogP contribution in [0.2, 0.25) is 5.02 Å². The summed E-state index contributed by atoms with van der Waals surface area (Å²) in [5.41, 5.74) is 2.14. The van der Waals surface area contributed by atoms with Gasteiger partial charge in [0, 0.05) is 19.8 Å². The van der Waals surface area contributed by atoms with Crippen LogP contribution in [0.5, 0.6) is 0 Å². The molecule has 11 heteroatoms. The molecule has 9 nitrogen and oxygen atoms in total. The van der Waals surface area contributed by atoms with Gasteiger partial charge < -0.3 is 10.1 Å². The SMILES string of the molecule is Cc1ccc(NC(=O)NC(=O)COC(=O)c2cc(S(=O)(=O)N(C)C)ccc2Cl)c(C)c1. The number of anilines is 1. The summed E-state index contributed by atoms with van der Waals surface area (Å²) >= 11 is 5.96. The highest BCUT2D eigenvalue weighted by Gasteiger charge is 2.22. The number of hydrogen-bond donors (Lipinski definition) is 2. The van der Waals surface area contributed by atoms with Crippen LogP contribution in [0, 0.1) is 13.8 Å². The minimum atomic E-state index is -3.80. The van der Waals surface area contributed by atoms with Crippen molar-refractivity contribution in [3.63, 3.8) is 0 Å². The van der Waals surface area contributed by atoms with Crippen molar-refractivity contribution < 1.29 is 27.5 Å². The van der Waals surface area contributed by atoms with Gasteiger partial charge >= 0.3 is 12.0 Å². The van der Waals surface area contributed by atoms with E-state index in [4.69, 9.17) is 16.3 Å². The molecule has 0 heterocycles. The van der Waals surface area contributed by atoms with Crippen LogP contribution < -0.4 is 10.6 Å². The van der Waals surface area contributed by atoms with Crippen molar-refractivity contribution in [3.05, 3.63) is 58.1 Å². The Bertz CT molecular complexity index is 1130. The van der Waals surface area contributed by atoms with Crippen molar-refractivity contribution in [2.45, 2.75) is 18.7 Å². The van der Waals surface area contributed by atoms with E-state index in [2.05, 4.69) is 5.32 Å². The molecule has 166 valence electrons. The lowest BCUT2D eigenvalue weighted by Crippen LogP contribution is -2.37. The Balaban J connectivity index is 1.99. The molecular formula is C20H22ClN3O6S. The molecule has 0 saturated carbocycles. The zero-order chi connectivity index (χ0) is 23.3. The number of halogens is 1. The first-order valence-corrected chi connectivity index (χ1v) is 10.8. The second kappa shape index (κ2) is 9.90. The van der Waals surface area contributed by atoms with Gasteiger partial charge in [0.1, 0.15) is 0 Å². The number of carbonyl (C=O) groups excluding carboxylic acids is 3. The molecule has 0 aliphatic heterocycles. The van der Waals surface area contributed by atoms with E-state index >= 15 is 0 Å². The van der Waals surface area contributed by atoms with Crippen LogP contribution in [0.15, 0.2) is 41.3 Å². The number of nitrogens with one attached hydrogen (secondary N) is 2. The molecule has 0 saturated heterocycles. The summed E-state index contributed by atoms with van der Waals surface area (Å²) in [4.78, 5) is 36.0. The van der Waals surface area contributed by atoms with Crippen LogP contribution in [0.3, 0.4) is 0 Å². The maximum absolute atomic E-state index is 12.3. The summed E-state index contributed by atoms with van der Waals surface area (Å²) in [7, 11) is -1.11. The van der Waals surface area contributed by atoms with Gasteiger partial charge in [0.25, 0.3) is 5.91 Å². The fourth-order valence-electron chi connectivity index (χ4n) is 2.51. The minimum Gasteiger partial charge on any atom is -0.452 e. The van der Waals surface area contributed by atoms with Crippen molar-refractivity contribution >= 4 is 45.2 Å².